The highest BCUT2D eigenvalue weighted by Crippen LogP contribution is 2.32. The third-order valence-electron chi connectivity index (χ3n) is 3.45. The number of likely N-dealkylation sites (N-methyl/N-ethyl adjacent to an activating group) is 1. The average molecular weight is 285 g/mol. The van der Waals surface area contributed by atoms with Gasteiger partial charge in [-0.1, -0.05) is 48.5 Å². The molecule has 0 N–H and O–H groups in total. The minimum Gasteiger partial charge on any atom is -0.207 e. The van der Waals surface area contributed by atoms with Gasteiger partial charge in [-0.05, 0) is 28.8 Å². The van der Waals surface area contributed by atoms with Gasteiger partial charge >= 0.3 is 0 Å². The van der Waals surface area contributed by atoms with E-state index < -0.39 is 10.0 Å². The molecule has 0 saturated carbocycles. The van der Waals surface area contributed by atoms with E-state index in [1.165, 1.54) is 4.31 Å². The Morgan fingerprint density at radius 3 is 2.40 bits per heavy atom. The topological polar surface area (TPSA) is 37.4 Å². The molecule has 2 aromatic carbocycles. The van der Waals surface area contributed by atoms with Gasteiger partial charge in [-0.2, -0.15) is 4.31 Å². The first kappa shape index (κ1) is 13.1. The monoisotopic (exact) mass is 285 g/mol. The van der Waals surface area contributed by atoms with Crippen LogP contribution in [0.15, 0.2) is 59.5 Å². The van der Waals surface area contributed by atoms with Crippen molar-refractivity contribution < 1.29 is 8.42 Å². The maximum absolute atomic E-state index is 12.3. The zero-order valence-corrected chi connectivity index (χ0v) is 12.0. The maximum atomic E-state index is 12.3. The molecule has 20 heavy (non-hydrogen) atoms. The fourth-order valence-electron chi connectivity index (χ4n) is 2.41. The van der Waals surface area contributed by atoms with Crippen molar-refractivity contribution in [2.45, 2.75) is 4.90 Å². The molecule has 0 saturated heterocycles. The van der Waals surface area contributed by atoms with Crippen LogP contribution in [0.2, 0.25) is 0 Å². The zero-order valence-electron chi connectivity index (χ0n) is 11.2. The van der Waals surface area contributed by atoms with Crippen LogP contribution in [0.1, 0.15) is 11.1 Å². The van der Waals surface area contributed by atoms with Crippen molar-refractivity contribution >= 4 is 21.7 Å². The summed E-state index contributed by atoms with van der Waals surface area (Å²) in [5, 5.41) is 0. The molecule has 0 fully saturated rings. The number of benzene rings is 2. The number of nitrogens with zero attached hydrogens (tertiary/aromatic N) is 1. The summed E-state index contributed by atoms with van der Waals surface area (Å²) in [6.45, 7) is 0.397. The summed E-state index contributed by atoms with van der Waals surface area (Å²) in [7, 11) is -1.74. The van der Waals surface area contributed by atoms with Crippen molar-refractivity contribution in [3.05, 3.63) is 65.7 Å². The summed E-state index contributed by atoms with van der Waals surface area (Å²) in [6, 6.07) is 17.1. The number of fused-ring (bicyclic) bond motifs is 1. The Kier molecular flexibility index (Phi) is 3.20. The predicted octanol–water partition coefficient (Wildman–Crippen LogP) is 2.86. The van der Waals surface area contributed by atoms with E-state index in [1.807, 2.05) is 48.5 Å². The van der Waals surface area contributed by atoms with E-state index >= 15 is 0 Å². The average Bonchev–Trinajstić information content (AvgIpc) is 2.46. The van der Waals surface area contributed by atoms with Gasteiger partial charge in [0.05, 0.1) is 4.90 Å². The molecular formula is C16H15NO2S. The third kappa shape index (κ3) is 2.17. The van der Waals surface area contributed by atoms with Crippen molar-refractivity contribution in [3.63, 3.8) is 0 Å². The van der Waals surface area contributed by atoms with E-state index in [2.05, 4.69) is 0 Å². The fraction of sp³-hybridized carbons (Fsp3) is 0.125. The molecular weight excluding hydrogens is 270 g/mol. The molecule has 0 unspecified atom stereocenters. The molecule has 0 aliphatic carbocycles. The van der Waals surface area contributed by atoms with Gasteiger partial charge in [0.2, 0.25) is 10.0 Å². The highest BCUT2D eigenvalue weighted by atomic mass is 32.2. The molecule has 4 heteroatoms. The van der Waals surface area contributed by atoms with E-state index in [4.69, 9.17) is 0 Å². The number of hydrogen-bond acceptors (Lipinski definition) is 2. The van der Waals surface area contributed by atoms with Crippen LogP contribution in [0.3, 0.4) is 0 Å². The third-order valence-corrected chi connectivity index (χ3v) is 5.32. The lowest BCUT2D eigenvalue weighted by Gasteiger charge is -2.27. The second-order valence-corrected chi connectivity index (χ2v) is 6.85. The van der Waals surface area contributed by atoms with Gasteiger partial charge in [0.25, 0.3) is 0 Å². The van der Waals surface area contributed by atoms with Crippen molar-refractivity contribution in [1.29, 1.82) is 0 Å². The molecule has 3 nitrogen and oxygen atoms in total. The molecule has 102 valence electrons. The SMILES string of the molecule is CN1C/C(=C/c2ccccc2)c2ccccc2S1(=O)=O. The Morgan fingerprint density at radius 1 is 1.00 bits per heavy atom. The summed E-state index contributed by atoms with van der Waals surface area (Å²) in [5.74, 6) is 0. The molecule has 1 aliphatic heterocycles. The smallest absolute Gasteiger partial charge is 0.207 e. The largest absolute Gasteiger partial charge is 0.243 e. The van der Waals surface area contributed by atoms with E-state index in [9.17, 15) is 8.42 Å². The van der Waals surface area contributed by atoms with Crippen molar-refractivity contribution in [3.8, 4) is 0 Å². The Bertz CT molecular complexity index is 764. The zero-order chi connectivity index (χ0) is 14.2. The summed E-state index contributed by atoms with van der Waals surface area (Å²) in [4.78, 5) is 0.385. The standard InChI is InChI=1S/C16H15NO2S/c1-17-12-14(11-13-7-3-2-4-8-13)15-9-5-6-10-16(15)20(17,18)19/h2-11H,12H2,1H3/b14-11-. The maximum Gasteiger partial charge on any atom is 0.243 e. The van der Waals surface area contributed by atoms with Crippen LogP contribution in [-0.2, 0) is 10.0 Å². The Hall–Kier alpha value is -1.91. The number of rotatable bonds is 1. The number of hydrogen-bond donors (Lipinski definition) is 0. The van der Waals surface area contributed by atoms with Crippen LogP contribution in [0, 0.1) is 0 Å². The summed E-state index contributed by atoms with van der Waals surface area (Å²) in [6.07, 6.45) is 2.05. The Balaban J connectivity index is 2.18. The summed E-state index contributed by atoms with van der Waals surface area (Å²) < 4.78 is 26.0. The van der Waals surface area contributed by atoms with Crippen molar-refractivity contribution in [1.82, 2.24) is 4.31 Å². The van der Waals surface area contributed by atoms with Crippen LogP contribution in [0.25, 0.3) is 11.6 Å². The lowest BCUT2D eigenvalue weighted by atomic mass is 10.0. The second kappa shape index (κ2) is 4.89. The summed E-state index contributed by atoms with van der Waals surface area (Å²) in [5.41, 5.74) is 2.89. The van der Waals surface area contributed by atoms with Gasteiger partial charge in [0, 0.05) is 13.6 Å². The Labute approximate surface area is 119 Å². The highest BCUT2D eigenvalue weighted by molar-refractivity contribution is 7.89. The lowest BCUT2D eigenvalue weighted by Crippen LogP contribution is -2.33. The normalized spacial score (nSPS) is 19.8. The lowest BCUT2D eigenvalue weighted by molar-refractivity contribution is 0.496. The van der Waals surface area contributed by atoms with Gasteiger partial charge in [0.1, 0.15) is 0 Å². The molecule has 1 heterocycles. The van der Waals surface area contributed by atoms with Crippen molar-refractivity contribution in [2.75, 3.05) is 13.6 Å². The van der Waals surface area contributed by atoms with Crippen LogP contribution >= 0.6 is 0 Å². The first-order chi connectivity index (χ1) is 9.59. The van der Waals surface area contributed by atoms with Crippen LogP contribution in [0.5, 0.6) is 0 Å². The molecule has 2 aromatic rings. The van der Waals surface area contributed by atoms with E-state index in [0.717, 1.165) is 16.7 Å². The van der Waals surface area contributed by atoms with E-state index in [0.29, 0.717) is 11.4 Å². The molecule has 3 rings (SSSR count). The molecule has 0 atom stereocenters. The first-order valence-electron chi connectivity index (χ1n) is 6.40. The summed E-state index contributed by atoms with van der Waals surface area (Å²) >= 11 is 0. The molecule has 0 amide bonds. The van der Waals surface area contributed by atoms with E-state index in [1.54, 1.807) is 19.2 Å². The second-order valence-electron chi connectivity index (χ2n) is 4.84. The van der Waals surface area contributed by atoms with Gasteiger partial charge < -0.3 is 0 Å². The first-order valence-corrected chi connectivity index (χ1v) is 7.84. The number of sulfonamides is 1. The fourth-order valence-corrected chi connectivity index (χ4v) is 3.78. The van der Waals surface area contributed by atoms with Crippen LogP contribution in [0.4, 0.5) is 0 Å². The molecule has 0 bridgehead atoms. The molecule has 1 aliphatic rings. The van der Waals surface area contributed by atoms with E-state index in [-0.39, 0.29) is 0 Å². The van der Waals surface area contributed by atoms with Gasteiger partial charge in [0.15, 0.2) is 0 Å². The minimum absolute atomic E-state index is 0.385. The van der Waals surface area contributed by atoms with Crippen LogP contribution in [-0.4, -0.2) is 26.3 Å². The molecule has 0 spiro atoms. The Morgan fingerprint density at radius 2 is 1.65 bits per heavy atom. The quantitative estimate of drug-likeness (QED) is 0.808. The van der Waals surface area contributed by atoms with Gasteiger partial charge in [-0.25, -0.2) is 8.42 Å². The highest BCUT2D eigenvalue weighted by Gasteiger charge is 2.30. The molecule has 0 radical (unpaired) electrons. The molecule has 0 aromatic heterocycles. The minimum atomic E-state index is -3.35. The van der Waals surface area contributed by atoms with Crippen LogP contribution < -0.4 is 0 Å². The van der Waals surface area contributed by atoms with Gasteiger partial charge in [-0.3, -0.25) is 0 Å². The van der Waals surface area contributed by atoms with Crippen molar-refractivity contribution in [2.24, 2.45) is 0 Å². The predicted molar refractivity (Wildman–Crippen MR) is 80.6 cm³/mol. The van der Waals surface area contributed by atoms with Gasteiger partial charge in [-0.15, -0.1) is 0 Å².